The number of aliphatic hydroxyl groups excluding tert-OH is 1. The zero-order chi connectivity index (χ0) is 26.3. The minimum Gasteiger partial charge on any atom is -0.443 e. The van der Waals surface area contributed by atoms with Crippen LogP contribution in [0.25, 0.3) is 0 Å². The van der Waals surface area contributed by atoms with Crippen LogP contribution in [0.1, 0.15) is 40.0 Å². The molecule has 0 radical (unpaired) electrons. The SMILES string of the molecule is Cn1c(N(C(=O)OC(C)(C)C)c2ccc(I)cc2F)c(NS(=O)(=O)C2(CCO)CC2)cc(F)c1=O. The summed E-state index contributed by atoms with van der Waals surface area (Å²) < 4.78 is 63.6. The molecule has 1 aromatic carbocycles. The molecule has 0 saturated heterocycles. The molecule has 192 valence electrons. The van der Waals surface area contributed by atoms with Crippen LogP contribution in [0, 0.1) is 15.2 Å². The van der Waals surface area contributed by atoms with Crippen molar-refractivity contribution in [3.63, 3.8) is 0 Å². The maximum absolute atomic E-state index is 15.1. The Labute approximate surface area is 215 Å². The summed E-state index contributed by atoms with van der Waals surface area (Å²) >= 11 is 1.87. The first-order valence-electron chi connectivity index (χ1n) is 10.6. The van der Waals surface area contributed by atoms with Gasteiger partial charge < -0.3 is 9.84 Å². The number of aromatic nitrogens is 1. The normalized spacial score (nSPS) is 15.0. The van der Waals surface area contributed by atoms with Gasteiger partial charge in [-0.15, -0.1) is 0 Å². The average Bonchev–Trinajstić information content (AvgIpc) is 3.50. The molecule has 35 heavy (non-hydrogen) atoms. The van der Waals surface area contributed by atoms with E-state index < -0.39 is 55.2 Å². The maximum Gasteiger partial charge on any atom is 0.420 e. The van der Waals surface area contributed by atoms with E-state index in [1.54, 1.807) is 20.8 Å². The molecule has 2 aromatic rings. The highest BCUT2D eigenvalue weighted by Gasteiger charge is 2.54. The fraction of sp³-hybridized carbons (Fsp3) is 0.455. The molecule has 13 heteroatoms. The van der Waals surface area contributed by atoms with E-state index in [9.17, 15) is 27.5 Å². The highest BCUT2D eigenvalue weighted by atomic mass is 127. The summed E-state index contributed by atoms with van der Waals surface area (Å²) in [5, 5.41) is 9.31. The third kappa shape index (κ3) is 5.61. The quantitative estimate of drug-likeness (QED) is 0.450. The largest absolute Gasteiger partial charge is 0.443 e. The molecular formula is C22H26F2IN3O6S. The van der Waals surface area contributed by atoms with E-state index in [0.717, 1.165) is 13.1 Å². The number of nitrogens with zero attached hydrogens (tertiary/aromatic N) is 2. The minimum atomic E-state index is -4.19. The Morgan fingerprint density at radius 2 is 1.89 bits per heavy atom. The van der Waals surface area contributed by atoms with Gasteiger partial charge in [0.25, 0.3) is 5.56 Å². The van der Waals surface area contributed by atoms with Gasteiger partial charge in [-0.25, -0.2) is 26.9 Å². The minimum absolute atomic E-state index is 0.0482. The number of rotatable bonds is 7. The van der Waals surface area contributed by atoms with Crippen LogP contribution in [0.5, 0.6) is 0 Å². The molecule has 1 aromatic heterocycles. The van der Waals surface area contributed by atoms with E-state index >= 15 is 4.39 Å². The first kappa shape index (κ1) is 27.3. The maximum atomic E-state index is 15.1. The second-order valence-corrected chi connectivity index (χ2v) is 12.6. The molecule has 1 heterocycles. The number of sulfonamides is 1. The van der Waals surface area contributed by atoms with Gasteiger partial charge in [0, 0.05) is 23.3 Å². The Bertz CT molecular complexity index is 1320. The van der Waals surface area contributed by atoms with E-state index in [4.69, 9.17) is 4.74 Å². The number of hydrogen-bond donors (Lipinski definition) is 2. The van der Waals surface area contributed by atoms with Crippen molar-refractivity contribution in [3.05, 3.63) is 49.8 Å². The zero-order valence-electron chi connectivity index (χ0n) is 19.6. The van der Waals surface area contributed by atoms with Gasteiger partial charge in [0.1, 0.15) is 11.4 Å². The summed E-state index contributed by atoms with van der Waals surface area (Å²) in [7, 11) is -3.07. The molecule has 1 fully saturated rings. The highest BCUT2D eigenvalue weighted by molar-refractivity contribution is 14.1. The molecule has 0 atom stereocenters. The lowest BCUT2D eigenvalue weighted by molar-refractivity contribution is 0.0596. The molecule has 1 amide bonds. The van der Waals surface area contributed by atoms with Crippen LogP contribution in [0.2, 0.25) is 0 Å². The van der Waals surface area contributed by atoms with Crippen molar-refractivity contribution in [2.75, 3.05) is 16.2 Å². The number of carbonyl (C=O) groups is 1. The molecule has 1 aliphatic rings. The lowest BCUT2D eigenvalue weighted by Crippen LogP contribution is -2.39. The molecule has 2 N–H and O–H groups in total. The Balaban J connectivity index is 2.27. The molecule has 0 spiro atoms. The lowest BCUT2D eigenvalue weighted by atomic mass is 10.2. The summed E-state index contributed by atoms with van der Waals surface area (Å²) in [5.74, 6) is -2.57. The van der Waals surface area contributed by atoms with Crippen molar-refractivity contribution in [3.8, 4) is 0 Å². The third-order valence-electron chi connectivity index (χ3n) is 5.47. The van der Waals surface area contributed by atoms with Crippen molar-refractivity contribution in [2.24, 2.45) is 7.05 Å². The summed E-state index contributed by atoms with van der Waals surface area (Å²) in [6.07, 6.45) is -0.619. The number of nitrogens with one attached hydrogen (secondary N) is 1. The monoisotopic (exact) mass is 625 g/mol. The number of benzene rings is 1. The van der Waals surface area contributed by atoms with Crippen molar-refractivity contribution >= 4 is 55.9 Å². The van der Waals surface area contributed by atoms with Crippen molar-refractivity contribution in [1.29, 1.82) is 0 Å². The first-order chi connectivity index (χ1) is 16.1. The van der Waals surface area contributed by atoms with Gasteiger partial charge in [-0.05, 0) is 80.8 Å². The Morgan fingerprint density at radius 1 is 1.26 bits per heavy atom. The number of aliphatic hydroxyl groups is 1. The van der Waals surface area contributed by atoms with Gasteiger partial charge in [-0.2, -0.15) is 0 Å². The molecule has 1 aliphatic carbocycles. The smallest absolute Gasteiger partial charge is 0.420 e. The third-order valence-corrected chi connectivity index (χ3v) is 8.38. The van der Waals surface area contributed by atoms with Gasteiger partial charge in [0.05, 0.1) is 16.1 Å². The van der Waals surface area contributed by atoms with Crippen LogP contribution in [-0.2, 0) is 21.8 Å². The summed E-state index contributed by atoms with van der Waals surface area (Å²) in [4.78, 5) is 26.5. The molecule has 3 rings (SSSR count). The van der Waals surface area contributed by atoms with Crippen molar-refractivity contribution in [1.82, 2.24) is 4.57 Å². The molecular weight excluding hydrogens is 599 g/mol. The molecule has 0 bridgehead atoms. The fourth-order valence-electron chi connectivity index (χ4n) is 3.55. The second-order valence-electron chi connectivity index (χ2n) is 9.27. The fourth-order valence-corrected chi connectivity index (χ4v) is 5.66. The van der Waals surface area contributed by atoms with E-state index in [2.05, 4.69) is 4.72 Å². The average molecular weight is 625 g/mol. The van der Waals surface area contributed by atoms with E-state index in [1.807, 2.05) is 22.6 Å². The number of pyridine rings is 1. The predicted octanol–water partition coefficient (Wildman–Crippen LogP) is 4.00. The number of amides is 1. The Morgan fingerprint density at radius 3 is 2.40 bits per heavy atom. The summed E-state index contributed by atoms with van der Waals surface area (Å²) in [6, 6.07) is 4.55. The summed E-state index contributed by atoms with van der Waals surface area (Å²) in [6.45, 7) is 4.35. The first-order valence-corrected chi connectivity index (χ1v) is 13.2. The zero-order valence-corrected chi connectivity index (χ0v) is 22.5. The van der Waals surface area contributed by atoms with Gasteiger partial charge in [0.2, 0.25) is 10.0 Å². The van der Waals surface area contributed by atoms with Crippen LogP contribution >= 0.6 is 22.6 Å². The van der Waals surface area contributed by atoms with Crippen LogP contribution < -0.4 is 15.2 Å². The van der Waals surface area contributed by atoms with E-state index in [1.165, 1.54) is 12.1 Å². The van der Waals surface area contributed by atoms with Crippen molar-refractivity contribution < 1.29 is 31.8 Å². The van der Waals surface area contributed by atoms with E-state index in [-0.39, 0.29) is 31.6 Å². The lowest BCUT2D eigenvalue weighted by Gasteiger charge is -2.30. The number of ether oxygens (including phenoxy) is 1. The second kappa shape index (κ2) is 9.65. The Kier molecular flexibility index (Phi) is 7.54. The molecule has 0 unspecified atom stereocenters. The molecule has 0 aliphatic heterocycles. The van der Waals surface area contributed by atoms with E-state index in [0.29, 0.717) is 19.1 Å². The molecule has 1 saturated carbocycles. The number of hydrogen-bond acceptors (Lipinski definition) is 6. The van der Waals surface area contributed by atoms with Crippen LogP contribution in [0.15, 0.2) is 29.1 Å². The number of carbonyl (C=O) groups excluding carboxylic acids is 1. The number of anilines is 3. The van der Waals surface area contributed by atoms with Crippen molar-refractivity contribution in [2.45, 2.75) is 50.4 Å². The highest BCUT2D eigenvalue weighted by Crippen LogP contribution is 2.47. The van der Waals surface area contributed by atoms with Crippen LogP contribution in [0.4, 0.5) is 30.8 Å². The van der Waals surface area contributed by atoms with Crippen LogP contribution in [0.3, 0.4) is 0 Å². The Hall–Kier alpha value is -2.26. The van der Waals surface area contributed by atoms with Crippen LogP contribution in [-0.4, -0.2) is 41.1 Å². The van der Waals surface area contributed by atoms with Gasteiger partial charge in [-0.3, -0.25) is 14.1 Å². The predicted molar refractivity (Wildman–Crippen MR) is 135 cm³/mol. The molecule has 9 nitrogen and oxygen atoms in total. The topological polar surface area (TPSA) is 118 Å². The standard InChI is InChI=1S/C22H26F2IN3O6S/c1-21(2,3)34-20(31)28(17-6-5-13(25)11-14(17)23)18-16(12-15(24)19(30)27(18)4)26-35(32,33)22(7-8-22)9-10-29/h5-6,11-12,26,29H,7-10H2,1-4H3. The van der Waals surface area contributed by atoms with Gasteiger partial charge in [-0.1, -0.05) is 0 Å². The van der Waals surface area contributed by atoms with Gasteiger partial charge in [0.15, 0.2) is 11.6 Å². The number of halogens is 3. The summed E-state index contributed by atoms with van der Waals surface area (Å²) in [5.41, 5.74) is -3.00. The van der Waals surface area contributed by atoms with Gasteiger partial charge >= 0.3 is 6.09 Å².